The van der Waals surface area contributed by atoms with E-state index in [9.17, 15) is 14.7 Å². The Kier molecular flexibility index (Phi) is 2.88. The molecule has 2 aromatic rings. The standard InChI is InChI=1S/C16H12O4/c17-14-13(11-7-3-1-4-8-11)16(19,15(18)20-14)12-9-5-2-6-10-12/h1-10,13,19H. The van der Waals surface area contributed by atoms with Crippen molar-refractivity contribution in [1.29, 1.82) is 0 Å². The highest BCUT2D eigenvalue weighted by Gasteiger charge is 2.58. The Bertz CT molecular complexity index is 651. The fraction of sp³-hybridized carbons (Fsp3) is 0.125. The molecule has 1 fully saturated rings. The van der Waals surface area contributed by atoms with Crippen LogP contribution in [0.2, 0.25) is 0 Å². The summed E-state index contributed by atoms with van der Waals surface area (Å²) in [6, 6.07) is 17.1. The third-order valence-corrected chi connectivity index (χ3v) is 3.50. The first-order valence-electron chi connectivity index (χ1n) is 6.23. The van der Waals surface area contributed by atoms with Gasteiger partial charge >= 0.3 is 11.9 Å². The zero-order valence-corrected chi connectivity index (χ0v) is 10.5. The lowest BCUT2D eigenvalue weighted by atomic mass is 9.79. The van der Waals surface area contributed by atoms with Crippen LogP contribution in [0.1, 0.15) is 17.0 Å². The zero-order chi connectivity index (χ0) is 14.2. The zero-order valence-electron chi connectivity index (χ0n) is 10.5. The van der Waals surface area contributed by atoms with Crippen LogP contribution in [-0.2, 0) is 19.9 Å². The van der Waals surface area contributed by atoms with Gasteiger partial charge in [0.15, 0.2) is 0 Å². The summed E-state index contributed by atoms with van der Waals surface area (Å²) >= 11 is 0. The molecule has 4 heteroatoms. The Hall–Kier alpha value is -2.46. The van der Waals surface area contributed by atoms with Gasteiger partial charge in [-0.15, -0.1) is 0 Å². The number of esters is 2. The Morgan fingerprint density at radius 3 is 2.05 bits per heavy atom. The van der Waals surface area contributed by atoms with E-state index in [0.29, 0.717) is 11.1 Å². The molecule has 0 saturated carbocycles. The van der Waals surface area contributed by atoms with Crippen molar-refractivity contribution in [1.82, 2.24) is 0 Å². The van der Waals surface area contributed by atoms with Crippen LogP contribution in [0, 0.1) is 0 Å². The predicted molar refractivity (Wildman–Crippen MR) is 70.6 cm³/mol. The number of benzene rings is 2. The molecule has 100 valence electrons. The van der Waals surface area contributed by atoms with E-state index in [1.807, 2.05) is 0 Å². The molecule has 0 aromatic heterocycles. The van der Waals surface area contributed by atoms with Gasteiger partial charge in [0, 0.05) is 0 Å². The Labute approximate surface area is 115 Å². The number of rotatable bonds is 2. The van der Waals surface area contributed by atoms with Crippen LogP contribution in [0.25, 0.3) is 0 Å². The molecule has 0 amide bonds. The molecule has 2 unspecified atom stereocenters. The minimum atomic E-state index is -1.97. The smallest absolute Gasteiger partial charge is 0.351 e. The van der Waals surface area contributed by atoms with Crippen molar-refractivity contribution in [3.8, 4) is 0 Å². The molecule has 1 N–H and O–H groups in total. The van der Waals surface area contributed by atoms with E-state index in [4.69, 9.17) is 0 Å². The average Bonchev–Trinajstić information content (AvgIpc) is 2.72. The SMILES string of the molecule is O=C1OC(=O)C(O)(c2ccccc2)C1c1ccccc1. The number of hydrogen-bond acceptors (Lipinski definition) is 4. The first-order chi connectivity index (χ1) is 9.64. The highest BCUT2D eigenvalue weighted by molar-refractivity contribution is 6.04. The summed E-state index contributed by atoms with van der Waals surface area (Å²) in [4.78, 5) is 24.0. The van der Waals surface area contributed by atoms with Gasteiger partial charge in [-0.25, -0.2) is 4.79 Å². The second-order valence-corrected chi connectivity index (χ2v) is 4.68. The maximum Gasteiger partial charge on any atom is 0.351 e. The summed E-state index contributed by atoms with van der Waals surface area (Å²) in [6.45, 7) is 0. The molecule has 0 bridgehead atoms. The first kappa shape index (κ1) is 12.6. The number of cyclic esters (lactones) is 2. The third-order valence-electron chi connectivity index (χ3n) is 3.50. The van der Waals surface area contributed by atoms with Crippen molar-refractivity contribution in [3.05, 3.63) is 71.8 Å². The largest absolute Gasteiger partial charge is 0.390 e. The normalized spacial score (nSPS) is 25.6. The predicted octanol–water partition coefficient (Wildman–Crippen LogP) is 1.74. The van der Waals surface area contributed by atoms with Gasteiger partial charge < -0.3 is 9.84 Å². The second-order valence-electron chi connectivity index (χ2n) is 4.68. The maximum absolute atomic E-state index is 12.0. The van der Waals surface area contributed by atoms with E-state index in [1.54, 1.807) is 60.7 Å². The van der Waals surface area contributed by atoms with Crippen LogP contribution in [-0.4, -0.2) is 17.0 Å². The molecular weight excluding hydrogens is 256 g/mol. The number of carbonyl (C=O) groups excluding carboxylic acids is 2. The molecule has 0 spiro atoms. The maximum atomic E-state index is 12.0. The van der Waals surface area contributed by atoms with Crippen molar-refractivity contribution in [2.24, 2.45) is 0 Å². The van der Waals surface area contributed by atoms with Gasteiger partial charge in [0.25, 0.3) is 0 Å². The number of hydrogen-bond donors (Lipinski definition) is 1. The van der Waals surface area contributed by atoms with E-state index in [1.165, 1.54) is 0 Å². The van der Waals surface area contributed by atoms with E-state index in [0.717, 1.165) is 0 Å². The molecular formula is C16H12O4. The van der Waals surface area contributed by atoms with Gasteiger partial charge in [-0.05, 0) is 11.1 Å². The summed E-state index contributed by atoms with van der Waals surface area (Å²) in [5.74, 6) is -2.70. The lowest BCUT2D eigenvalue weighted by Crippen LogP contribution is -2.37. The summed E-state index contributed by atoms with van der Waals surface area (Å²) in [7, 11) is 0. The van der Waals surface area contributed by atoms with Crippen LogP contribution in [0.3, 0.4) is 0 Å². The topological polar surface area (TPSA) is 63.6 Å². The quantitative estimate of drug-likeness (QED) is 0.665. The van der Waals surface area contributed by atoms with Gasteiger partial charge in [-0.1, -0.05) is 60.7 Å². The number of ether oxygens (including phenoxy) is 1. The van der Waals surface area contributed by atoms with Crippen molar-refractivity contribution in [2.45, 2.75) is 11.5 Å². The molecule has 2 aromatic carbocycles. The van der Waals surface area contributed by atoms with Crippen molar-refractivity contribution in [3.63, 3.8) is 0 Å². The van der Waals surface area contributed by atoms with Crippen molar-refractivity contribution < 1.29 is 19.4 Å². The average molecular weight is 268 g/mol. The van der Waals surface area contributed by atoms with E-state index < -0.39 is 23.5 Å². The minimum absolute atomic E-state index is 0.352. The van der Waals surface area contributed by atoms with Gasteiger partial charge in [-0.2, -0.15) is 0 Å². The van der Waals surface area contributed by atoms with Gasteiger partial charge in [0.2, 0.25) is 5.60 Å². The number of carbonyl (C=O) groups is 2. The monoisotopic (exact) mass is 268 g/mol. The summed E-state index contributed by atoms with van der Waals surface area (Å²) in [5.41, 5.74) is -1.07. The summed E-state index contributed by atoms with van der Waals surface area (Å²) in [6.07, 6.45) is 0. The summed E-state index contributed by atoms with van der Waals surface area (Å²) in [5, 5.41) is 10.8. The van der Waals surface area contributed by atoms with Crippen LogP contribution < -0.4 is 0 Å². The van der Waals surface area contributed by atoms with Gasteiger partial charge in [0.05, 0.1) is 0 Å². The Morgan fingerprint density at radius 1 is 0.900 bits per heavy atom. The highest BCUT2D eigenvalue weighted by atomic mass is 16.6. The third kappa shape index (κ3) is 1.73. The van der Waals surface area contributed by atoms with E-state index >= 15 is 0 Å². The van der Waals surface area contributed by atoms with Crippen molar-refractivity contribution in [2.75, 3.05) is 0 Å². The first-order valence-corrected chi connectivity index (χ1v) is 6.23. The van der Waals surface area contributed by atoms with Crippen molar-refractivity contribution >= 4 is 11.9 Å². The molecule has 4 nitrogen and oxygen atoms in total. The molecule has 20 heavy (non-hydrogen) atoms. The highest BCUT2D eigenvalue weighted by Crippen LogP contribution is 2.43. The lowest BCUT2D eigenvalue weighted by molar-refractivity contribution is -0.159. The van der Waals surface area contributed by atoms with Gasteiger partial charge in [0.1, 0.15) is 5.92 Å². The molecule has 3 rings (SSSR count). The van der Waals surface area contributed by atoms with E-state index in [-0.39, 0.29) is 0 Å². The van der Waals surface area contributed by atoms with Crippen LogP contribution in [0.15, 0.2) is 60.7 Å². The van der Waals surface area contributed by atoms with Crippen LogP contribution >= 0.6 is 0 Å². The fourth-order valence-corrected chi connectivity index (χ4v) is 2.52. The van der Waals surface area contributed by atoms with Gasteiger partial charge in [-0.3, -0.25) is 4.79 Å². The number of aliphatic hydroxyl groups is 1. The lowest BCUT2D eigenvalue weighted by Gasteiger charge is -2.24. The second kappa shape index (κ2) is 4.58. The summed E-state index contributed by atoms with van der Waals surface area (Å²) < 4.78 is 4.67. The molecule has 0 aliphatic carbocycles. The molecule has 2 atom stereocenters. The molecule has 0 radical (unpaired) electrons. The molecule has 1 heterocycles. The Morgan fingerprint density at radius 2 is 1.45 bits per heavy atom. The minimum Gasteiger partial charge on any atom is -0.390 e. The fourth-order valence-electron chi connectivity index (χ4n) is 2.52. The molecule has 1 saturated heterocycles. The van der Waals surface area contributed by atoms with Crippen LogP contribution in [0.5, 0.6) is 0 Å². The molecule has 1 aliphatic rings. The Balaban J connectivity index is 2.16. The van der Waals surface area contributed by atoms with E-state index in [2.05, 4.69) is 4.74 Å². The van der Waals surface area contributed by atoms with Crippen LogP contribution in [0.4, 0.5) is 0 Å². The molecule has 1 aliphatic heterocycles.